The molecule has 0 aliphatic rings. The zero-order valence-electron chi connectivity index (χ0n) is 9.99. The summed E-state index contributed by atoms with van der Waals surface area (Å²) in [6.45, 7) is -1.22. The van der Waals surface area contributed by atoms with Gasteiger partial charge in [0.15, 0.2) is 0 Å². The van der Waals surface area contributed by atoms with E-state index in [2.05, 4.69) is 10.3 Å². The molecule has 1 N–H and O–H groups in total. The maximum atomic E-state index is 12.4. The smallest absolute Gasteiger partial charge is 0.334 e. The van der Waals surface area contributed by atoms with E-state index in [-0.39, 0.29) is 10.8 Å². The summed E-state index contributed by atoms with van der Waals surface area (Å²) in [5.41, 5.74) is 0.261. The Hall–Kier alpha value is -2.02. The predicted octanol–water partition coefficient (Wildman–Crippen LogP) is 3.35. The molecule has 0 atom stereocenters. The molecule has 2 aromatic rings. The molecule has 0 bridgehead atoms. The lowest BCUT2D eigenvalue weighted by molar-refractivity contribution is -0.140. The molecule has 4 nitrogen and oxygen atoms in total. The van der Waals surface area contributed by atoms with Gasteiger partial charge in [0.25, 0.3) is 5.91 Å². The minimum Gasteiger partial charge on any atom is -0.334 e. The fourth-order valence-electron chi connectivity index (χ4n) is 1.60. The minimum absolute atomic E-state index is 0.0859. The van der Waals surface area contributed by atoms with Crippen molar-refractivity contribution < 1.29 is 18.0 Å². The lowest BCUT2D eigenvalue weighted by atomic mass is 10.3. The molecule has 0 aliphatic carbocycles. The summed E-state index contributed by atoms with van der Waals surface area (Å²) in [6, 6.07) is 5.65. The van der Waals surface area contributed by atoms with Gasteiger partial charge < -0.3 is 9.88 Å². The SMILES string of the molecule is O=C(Nc1ccc(Cl)nc1)c1cccn1CC(F)(F)F. The highest BCUT2D eigenvalue weighted by atomic mass is 35.5. The van der Waals surface area contributed by atoms with Crippen LogP contribution in [0.3, 0.4) is 0 Å². The van der Waals surface area contributed by atoms with E-state index in [9.17, 15) is 18.0 Å². The highest BCUT2D eigenvalue weighted by Gasteiger charge is 2.29. The van der Waals surface area contributed by atoms with Gasteiger partial charge in [0, 0.05) is 6.20 Å². The predicted molar refractivity (Wildman–Crippen MR) is 67.7 cm³/mol. The van der Waals surface area contributed by atoms with Gasteiger partial charge in [0.1, 0.15) is 17.4 Å². The summed E-state index contributed by atoms with van der Waals surface area (Å²) in [5.74, 6) is -0.650. The van der Waals surface area contributed by atoms with Gasteiger partial charge in [0.05, 0.1) is 11.9 Å². The number of hydrogen-bond acceptors (Lipinski definition) is 2. The first-order chi connectivity index (χ1) is 9.35. The van der Waals surface area contributed by atoms with Crippen molar-refractivity contribution in [2.24, 2.45) is 0 Å². The maximum Gasteiger partial charge on any atom is 0.406 e. The molecule has 1 amide bonds. The van der Waals surface area contributed by atoms with Gasteiger partial charge in [-0.15, -0.1) is 0 Å². The van der Waals surface area contributed by atoms with Crippen LogP contribution in [0.4, 0.5) is 18.9 Å². The van der Waals surface area contributed by atoms with Crippen molar-refractivity contribution in [1.82, 2.24) is 9.55 Å². The zero-order valence-corrected chi connectivity index (χ0v) is 10.7. The Morgan fingerprint density at radius 1 is 1.35 bits per heavy atom. The Bertz CT molecular complexity index is 607. The molecule has 0 aromatic carbocycles. The number of amides is 1. The fourth-order valence-corrected chi connectivity index (χ4v) is 1.71. The summed E-state index contributed by atoms with van der Waals surface area (Å²) in [4.78, 5) is 15.7. The number of anilines is 1. The van der Waals surface area contributed by atoms with E-state index in [0.29, 0.717) is 5.69 Å². The Kier molecular flexibility index (Phi) is 3.99. The Morgan fingerprint density at radius 2 is 2.10 bits per heavy atom. The first-order valence-electron chi connectivity index (χ1n) is 5.50. The van der Waals surface area contributed by atoms with Gasteiger partial charge in [-0.1, -0.05) is 11.6 Å². The lowest BCUT2D eigenvalue weighted by Gasteiger charge is -2.11. The zero-order chi connectivity index (χ0) is 14.8. The van der Waals surface area contributed by atoms with Crippen LogP contribution in [0.5, 0.6) is 0 Å². The molecule has 20 heavy (non-hydrogen) atoms. The number of pyridine rings is 1. The van der Waals surface area contributed by atoms with Crippen LogP contribution in [0.15, 0.2) is 36.7 Å². The summed E-state index contributed by atoms with van der Waals surface area (Å²) in [5, 5.41) is 2.70. The molecule has 0 radical (unpaired) electrons. The van der Waals surface area contributed by atoms with Crippen molar-refractivity contribution in [2.45, 2.75) is 12.7 Å². The third-order valence-corrected chi connectivity index (χ3v) is 2.62. The average molecular weight is 304 g/mol. The van der Waals surface area contributed by atoms with E-state index in [1.165, 1.54) is 36.7 Å². The van der Waals surface area contributed by atoms with Gasteiger partial charge in [-0.25, -0.2) is 4.98 Å². The van der Waals surface area contributed by atoms with Crippen molar-refractivity contribution in [1.29, 1.82) is 0 Å². The molecule has 0 unspecified atom stereocenters. The van der Waals surface area contributed by atoms with Crippen LogP contribution >= 0.6 is 11.6 Å². The van der Waals surface area contributed by atoms with Crippen LogP contribution in [0, 0.1) is 0 Å². The van der Waals surface area contributed by atoms with Gasteiger partial charge in [-0.05, 0) is 24.3 Å². The first-order valence-corrected chi connectivity index (χ1v) is 5.88. The van der Waals surface area contributed by atoms with E-state index < -0.39 is 18.6 Å². The number of carbonyl (C=O) groups excluding carboxylic acids is 1. The molecular formula is C12H9ClF3N3O. The number of halogens is 4. The van der Waals surface area contributed by atoms with E-state index >= 15 is 0 Å². The molecule has 0 saturated heterocycles. The molecular weight excluding hydrogens is 295 g/mol. The molecule has 0 saturated carbocycles. The first kappa shape index (κ1) is 14.4. The standard InChI is InChI=1S/C12H9ClF3N3O/c13-10-4-3-8(6-17-10)18-11(20)9-2-1-5-19(9)7-12(14,15)16/h1-6H,7H2,(H,18,20). The van der Waals surface area contributed by atoms with Gasteiger partial charge >= 0.3 is 6.18 Å². The third-order valence-electron chi connectivity index (χ3n) is 2.40. The second-order valence-corrected chi connectivity index (χ2v) is 4.35. The van der Waals surface area contributed by atoms with Crippen LogP contribution in [0.2, 0.25) is 5.15 Å². The number of aromatic nitrogens is 2. The molecule has 2 aromatic heterocycles. The molecule has 2 rings (SSSR count). The van der Waals surface area contributed by atoms with E-state index in [1.807, 2.05) is 0 Å². The summed E-state index contributed by atoms with van der Waals surface area (Å²) in [7, 11) is 0. The third kappa shape index (κ3) is 3.74. The molecule has 2 heterocycles. The quantitative estimate of drug-likeness (QED) is 0.884. The number of carbonyl (C=O) groups is 1. The number of rotatable bonds is 3. The number of alkyl halides is 3. The largest absolute Gasteiger partial charge is 0.406 e. The Morgan fingerprint density at radius 3 is 2.70 bits per heavy atom. The highest BCUT2D eigenvalue weighted by molar-refractivity contribution is 6.29. The molecule has 0 fully saturated rings. The van der Waals surface area contributed by atoms with E-state index in [1.54, 1.807) is 0 Å². The number of hydrogen-bond donors (Lipinski definition) is 1. The second kappa shape index (κ2) is 5.54. The van der Waals surface area contributed by atoms with Crippen LogP contribution in [-0.2, 0) is 6.54 Å². The van der Waals surface area contributed by atoms with Crippen molar-refractivity contribution >= 4 is 23.2 Å². The van der Waals surface area contributed by atoms with Gasteiger partial charge in [-0.3, -0.25) is 4.79 Å². The van der Waals surface area contributed by atoms with Crippen LogP contribution in [-0.4, -0.2) is 21.6 Å². The highest BCUT2D eigenvalue weighted by Crippen LogP contribution is 2.19. The molecule has 8 heteroatoms. The topological polar surface area (TPSA) is 46.9 Å². The summed E-state index contributed by atoms with van der Waals surface area (Å²) >= 11 is 5.59. The number of nitrogens with zero attached hydrogens (tertiary/aromatic N) is 2. The molecule has 0 spiro atoms. The minimum atomic E-state index is -4.39. The fraction of sp³-hybridized carbons (Fsp3) is 0.167. The maximum absolute atomic E-state index is 12.4. The summed E-state index contributed by atoms with van der Waals surface area (Å²) in [6.07, 6.45) is -1.88. The average Bonchev–Trinajstić information content (AvgIpc) is 2.78. The summed E-state index contributed by atoms with van der Waals surface area (Å²) < 4.78 is 37.9. The second-order valence-electron chi connectivity index (χ2n) is 3.96. The number of nitrogens with one attached hydrogen (secondary N) is 1. The monoisotopic (exact) mass is 303 g/mol. The normalized spacial score (nSPS) is 11.4. The van der Waals surface area contributed by atoms with Crippen molar-refractivity contribution in [3.05, 3.63) is 47.5 Å². The van der Waals surface area contributed by atoms with E-state index in [0.717, 1.165) is 4.57 Å². The van der Waals surface area contributed by atoms with Crippen LogP contribution < -0.4 is 5.32 Å². The van der Waals surface area contributed by atoms with E-state index in [4.69, 9.17) is 11.6 Å². The lowest BCUT2D eigenvalue weighted by Crippen LogP contribution is -2.23. The van der Waals surface area contributed by atoms with Crippen LogP contribution in [0.1, 0.15) is 10.5 Å². The Balaban J connectivity index is 2.14. The van der Waals surface area contributed by atoms with Crippen molar-refractivity contribution in [3.8, 4) is 0 Å². The van der Waals surface area contributed by atoms with Gasteiger partial charge in [0.2, 0.25) is 0 Å². The molecule has 0 aliphatic heterocycles. The Labute approximate surface area is 117 Å². The van der Waals surface area contributed by atoms with Gasteiger partial charge in [-0.2, -0.15) is 13.2 Å². The molecule has 106 valence electrons. The van der Waals surface area contributed by atoms with Crippen molar-refractivity contribution in [2.75, 3.05) is 5.32 Å². The van der Waals surface area contributed by atoms with Crippen LogP contribution in [0.25, 0.3) is 0 Å². The van der Waals surface area contributed by atoms with Crippen molar-refractivity contribution in [3.63, 3.8) is 0 Å².